The van der Waals surface area contributed by atoms with Crippen LogP contribution in [0.3, 0.4) is 0 Å². The van der Waals surface area contributed by atoms with Crippen molar-refractivity contribution in [2.75, 3.05) is 12.8 Å². The molecule has 7 heteroatoms. The molecular formula is C22H28N4OS2. The molecule has 0 unspecified atom stereocenters. The van der Waals surface area contributed by atoms with Crippen LogP contribution in [0, 0.1) is 13.8 Å². The van der Waals surface area contributed by atoms with Crippen molar-refractivity contribution in [3.8, 4) is 0 Å². The molecule has 0 radical (unpaired) electrons. The highest BCUT2D eigenvalue weighted by atomic mass is 32.2. The van der Waals surface area contributed by atoms with Crippen molar-refractivity contribution in [1.82, 2.24) is 19.4 Å². The molecular weight excluding hydrogens is 400 g/mol. The van der Waals surface area contributed by atoms with Crippen LogP contribution in [-0.2, 0) is 4.79 Å². The second-order valence-electron chi connectivity index (χ2n) is 7.86. The number of nitrogens with zero attached hydrogens (tertiary/aromatic N) is 4. The van der Waals surface area contributed by atoms with Crippen LogP contribution in [0.15, 0.2) is 29.4 Å². The number of hydrogen-bond acceptors (Lipinski definition) is 5. The van der Waals surface area contributed by atoms with Gasteiger partial charge in [0.1, 0.15) is 5.01 Å². The maximum absolute atomic E-state index is 12.9. The lowest BCUT2D eigenvalue weighted by Crippen LogP contribution is -2.31. The van der Waals surface area contributed by atoms with Crippen LogP contribution >= 0.6 is 23.1 Å². The Hall–Kier alpha value is -1.86. The number of carbonyl (C=O) groups excluding carboxylic acids is 1. The molecule has 2 aromatic heterocycles. The zero-order valence-corrected chi connectivity index (χ0v) is 19.1. The van der Waals surface area contributed by atoms with Crippen molar-refractivity contribution < 1.29 is 4.79 Å². The van der Waals surface area contributed by atoms with Gasteiger partial charge < -0.3 is 9.47 Å². The summed E-state index contributed by atoms with van der Waals surface area (Å²) in [6.45, 7) is 6.26. The van der Waals surface area contributed by atoms with Gasteiger partial charge in [0.15, 0.2) is 5.16 Å². The Morgan fingerprint density at radius 2 is 2.00 bits per heavy atom. The third-order valence-corrected chi connectivity index (χ3v) is 8.16. The highest BCUT2D eigenvalue weighted by Crippen LogP contribution is 2.35. The number of benzene rings is 1. The highest BCUT2D eigenvalue weighted by molar-refractivity contribution is 7.99. The molecule has 1 saturated carbocycles. The highest BCUT2D eigenvalue weighted by Gasteiger charge is 2.25. The third kappa shape index (κ3) is 4.08. The summed E-state index contributed by atoms with van der Waals surface area (Å²) in [6.07, 6.45) is 5.00. The summed E-state index contributed by atoms with van der Waals surface area (Å²) in [4.78, 5) is 24.2. The van der Waals surface area contributed by atoms with Crippen molar-refractivity contribution in [3.05, 3.63) is 40.7 Å². The van der Waals surface area contributed by atoms with Crippen molar-refractivity contribution in [1.29, 1.82) is 0 Å². The summed E-state index contributed by atoms with van der Waals surface area (Å²) in [5.41, 5.74) is 3.31. The Morgan fingerprint density at radius 3 is 2.72 bits per heavy atom. The van der Waals surface area contributed by atoms with Gasteiger partial charge in [0.25, 0.3) is 0 Å². The molecule has 2 heterocycles. The number of para-hydroxylation sites is 1. The summed E-state index contributed by atoms with van der Waals surface area (Å²) in [6, 6.07) is 8.61. The lowest BCUT2D eigenvalue weighted by molar-refractivity contribution is -0.128. The lowest BCUT2D eigenvalue weighted by atomic mass is 10.2. The van der Waals surface area contributed by atoms with E-state index in [4.69, 9.17) is 9.97 Å². The number of aromatic nitrogens is 3. The quantitative estimate of drug-likeness (QED) is 0.484. The van der Waals surface area contributed by atoms with Gasteiger partial charge in [0.05, 0.1) is 27.7 Å². The minimum absolute atomic E-state index is 0.0430. The van der Waals surface area contributed by atoms with Crippen LogP contribution in [0.1, 0.15) is 61.1 Å². The molecule has 1 aliphatic rings. The van der Waals surface area contributed by atoms with Crippen LogP contribution in [0.25, 0.3) is 10.2 Å². The Balaban J connectivity index is 1.45. The first-order valence-corrected chi connectivity index (χ1v) is 12.0. The van der Waals surface area contributed by atoms with Crippen LogP contribution in [-0.4, -0.2) is 38.1 Å². The van der Waals surface area contributed by atoms with E-state index < -0.39 is 0 Å². The molecule has 0 N–H and O–H groups in total. The number of aryl methyl sites for hydroxylation is 1. The third-order valence-electron chi connectivity index (χ3n) is 6.01. The minimum Gasteiger partial charge on any atom is -0.336 e. The maximum atomic E-state index is 12.9. The summed E-state index contributed by atoms with van der Waals surface area (Å²) in [7, 11) is 1.87. The number of thioether (sulfide) groups is 1. The number of hydrogen-bond donors (Lipinski definition) is 0. The standard InChI is InChI=1S/C22H28N4OS2/c1-14-15(2)26(17-9-5-6-10-17)22(23-14)28-13-20(27)25(4)16(3)21-24-18-11-7-8-12-19(18)29-21/h7-8,11-12,16-17H,5-6,9-10,13H2,1-4H3/t16-/m0/s1. The molecule has 154 valence electrons. The maximum Gasteiger partial charge on any atom is 0.233 e. The normalized spacial score (nSPS) is 15.9. The van der Waals surface area contributed by atoms with E-state index in [0.717, 1.165) is 26.1 Å². The number of thiazole rings is 1. The molecule has 1 aromatic carbocycles. The molecule has 1 fully saturated rings. The Kier molecular flexibility index (Phi) is 5.97. The number of carbonyl (C=O) groups is 1. The van der Waals surface area contributed by atoms with E-state index in [1.165, 1.54) is 31.4 Å². The predicted octanol–water partition coefficient (Wildman–Crippen LogP) is 5.54. The van der Waals surface area contributed by atoms with E-state index in [2.05, 4.69) is 24.5 Å². The average molecular weight is 429 g/mol. The van der Waals surface area contributed by atoms with Crippen LogP contribution in [0.4, 0.5) is 0 Å². The van der Waals surface area contributed by atoms with Gasteiger partial charge in [-0.05, 0) is 45.7 Å². The van der Waals surface area contributed by atoms with Crippen molar-refractivity contribution in [2.45, 2.75) is 63.7 Å². The van der Waals surface area contributed by atoms with Gasteiger partial charge in [-0.15, -0.1) is 11.3 Å². The zero-order valence-electron chi connectivity index (χ0n) is 17.5. The number of rotatable bonds is 6. The summed E-state index contributed by atoms with van der Waals surface area (Å²) >= 11 is 3.23. The van der Waals surface area contributed by atoms with Gasteiger partial charge in [-0.25, -0.2) is 9.97 Å². The van der Waals surface area contributed by atoms with Gasteiger partial charge >= 0.3 is 0 Å². The van der Waals surface area contributed by atoms with Crippen molar-refractivity contribution >= 4 is 39.2 Å². The molecule has 1 amide bonds. The fourth-order valence-corrected chi connectivity index (χ4v) is 6.11. The van der Waals surface area contributed by atoms with E-state index in [9.17, 15) is 4.79 Å². The molecule has 29 heavy (non-hydrogen) atoms. The van der Waals surface area contributed by atoms with Gasteiger partial charge in [0.2, 0.25) is 5.91 Å². The van der Waals surface area contributed by atoms with Crippen LogP contribution < -0.4 is 0 Å². The smallest absolute Gasteiger partial charge is 0.233 e. The van der Waals surface area contributed by atoms with E-state index in [1.807, 2.05) is 37.1 Å². The lowest BCUT2D eigenvalue weighted by Gasteiger charge is -2.23. The fourth-order valence-electron chi connectivity index (χ4n) is 3.97. The first-order chi connectivity index (χ1) is 14.0. The van der Waals surface area contributed by atoms with Crippen LogP contribution in [0.5, 0.6) is 0 Å². The first kappa shape index (κ1) is 20.4. The molecule has 0 bridgehead atoms. The van der Waals surface area contributed by atoms with E-state index in [1.54, 1.807) is 23.1 Å². The second kappa shape index (κ2) is 8.48. The van der Waals surface area contributed by atoms with Crippen molar-refractivity contribution in [3.63, 3.8) is 0 Å². The Morgan fingerprint density at radius 1 is 1.28 bits per heavy atom. The van der Waals surface area contributed by atoms with Gasteiger partial charge in [-0.2, -0.15) is 0 Å². The molecule has 0 aliphatic heterocycles. The van der Waals surface area contributed by atoms with Crippen LogP contribution in [0.2, 0.25) is 0 Å². The molecule has 1 aliphatic carbocycles. The largest absolute Gasteiger partial charge is 0.336 e. The SMILES string of the molecule is Cc1nc(SCC(=O)N(C)[C@@H](C)c2nc3ccccc3s2)n(C2CCCC2)c1C. The second-order valence-corrected chi connectivity index (χ2v) is 9.87. The number of imidazole rings is 1. The Labute approximate surface area is 180 Å². The molecule has 4 rings (SSSR count). The number of amides is 1. The molecule has 5 nitrogen and oxygen atoms in total. The number of fused-ring (bicyclic) bond motifs is 1. The van der Waals surface area contributed by atoms with E-state index >= 15 is 0 Å². The van der Waals surface area contributed by atoms with E-state index in [-0.39, 0.29) is 11.9 Å². The molecule has 3 aromatic rings. The molecule has 1 atom stereocenters. The summed E-state index contributed by atoms with van der Waals surface area (Å²) in [5.74, 6) is 0.506. The van der Waals surface area contributed by atoms with E-state index in [0.29, 0.717) is 11.8 Å². The average Bonchev–Trinajstić information content (AvgIpc) is 3.44. The minimum atomic E-state index is -0.0430. The topological polar surface area (TPSA) is 51.0 Å². The fraction of sp³-hybridized carbons (Fsp3) is 0.500. The van der Waals surface area contributed by atoms with Crippen molar-refractivity contribution in [2.24, 2.45) is 0 Å². The first-order valence-electron chi connectivity index (χ1n) is 10.2. The van der Waals surface area contributed by atoms with Gasteiger partial charge in [-0.1, -0.05) is 36.7 Å². The monoisotopic (exact) mass is 428 g/mol. The molecule has 0 saturated heterocycles. The Bertz CT molecular complexity index is 986. The zero-order chi connectivity index (χ0) is 20.5. The predicted molar refractivity (Wildman–Crippen MR) is 121 cm³/mol. The van der Waals surface area contributed by atoms with Gasteiger partial charge in [-0.3, -0.25) is 4.79 Å². The molecule has 0 spiro atoms. The van der Waals surface area contributed by atoms with Gasteiger partial charge in [0, 0.05) is 18.8 Å². The summed E-state index contributed by atoms with van der Waals surface area (Å²) < 4.78 is 3.53. The summed E-state index contributed by atoms with van der Waals surface area (Å²) in [5, 5.41) is 1.97.